The molecule has 0 aromatic heterocycles. The largest absolute Gasteiger partial charge is 0.481 e. The lowest BCUT2D eigenvalue weighted by atomic mass is 10.0. The smallest absolute Gasteiger partial charge is 0.315 e. The summed E-state index contributed by atoms with van der Waals surface area (Å²) in [6, 6.07) is 0.931. The van der Waals surface area contributed by atoms with Gasteiger partial charge in [0.25, 0.3) is 0 Å². The number of fused-ring (bicyclic) bond motifs is 2. The minimum atomic E-state index is -0.729. The second kappa shape index (κ2) is 15.9. The summed E-state index contributed by atoms with van der Waals surface area (Å²) >= 11 is 3.79. The van der Waals surface area contributed by atoms with Gasteiger partial charge in [-0.15, -0.1) is 0 Å². The number of urea groups is 2. The monoisotopic (exact) mass is 569 g/mol. The second-order valence-corrected chi connectivity index (χ2v) is 12.6. The van der Waals surface area contributed by atoms with Gasteiger partial charge >= 0.3 is 18.0 Å². The molecule has 0 aromatic carbocycles. The number of ketones is 1. The molecule has 0 saturated carbocycles. The minimum Gasteiger partial charge on any atom is -0.481 e. The molecular formula is C24H39N7O5S2. The summed E-state index contributed by atoms with van der Waals surface area (Å²) in [5.41, 5.74) is 8.14. The summed E-state index contributed by atoms with van der Waals surface area (Å²) in [5, 5.41) is 24.6. The molecule has 212 valence electrons. The highest BCUT2D eigenvalue weighted by molar-refractivity contribution is 8.00. The lowest BCUT2D eigenvalue weighted by molar-refractivity contribution is -0.137. The normalized spacial score (nSPS) is 28.5. The molecule has 14 heteroatoms. The van der Waals surface area contributed by atoms with Gasteiger partial charge in [-0.3, -0.25) is 9.59 Å². The maximum atomic E-state index is 11.7. The number of carbonyl (C=O) groups is 4. The molecule has 0 spiro atoms. The van der Waals surface area contributed by atoms with Crippen molar-refractivity contribution in [2.45, 2.75) is 105 Å². The van der Waals surface area contributed by atoms with Crippen LogP contribution < -0.4 is 21.3 Å². The Kier molecular flexibility index (Phi) is 12.7. The average Bonchev–Trinajstić information content (AvgIpc) is 3.62. The van der Waals surface area contributed by atoms with Crippen LogP contribution in [0.2, 0.25) is 0 Å². The van der Waals surface area contributed by atoms with Crippen LogP contribution in [0.3, 0.4) is 0 Å². The molecule has 0 unspecified atom stereocenters. The van der Waals surface area contributed by atoms with E-state index in [1.165, 1.54) is 0 Å². The van der Waals surface area contributed by atoms with Crippen molar-refractivity contribution in [1.82, 2.24) is 21.3 Å². The Morgan fingerprint density at radius 1 is 0.816 bits per heavy atom. The highest BCUT2D eigenvalue weighted by Crippen LogP contribution is 2.34. The summed E-state index contributed by atoms with van der Waals surface area (Å²) in [6.07, 6.45) is 8.69. The zero-order valence-corrected chi connectivity index (χ0v) is 23.2. The Balaban J connectivity index is 0.000000221. The average molecular weight is 570 g/mol. The van der Waals surface area contributed by atoms with E-state index in [9.17, 15) is 19.2 Å². The zero-order valence-electron chi connectivity index (χ0n) is 21.6. The molecule has 4 fully saturated rings. The molecule has 5 N–H and O–H groups in total. The topological polar surface area (TPSA) is 185 Å². The van der Waals surface area contributed by atoms with Gasteiger partial charge in [-0.2, -0.15) is 23.5 Å². The number of rotatable bonds is 15. The third-order valence-electron chi connectivity index (χ3n) is 7.23. The highest BCUT2D eigenvalue weighted by atomic mass is 32.2. The molecule has 0 aromatic rings. The molecule has 0 bridgehead atoms. The molecule has 4 aliphatic heterocycles. The molecule has 4 heterocycles. The third kappa shape index (κ3) is 9.77. The number of unbranched alkanes of at least 4 members (excludes halogenated alkanes) is 3. The van der Waals surface area contributed by atoms with Gasteiger partial charge in [0.1, 0.15) is 5.78 Å². The standard InChI is InChI=1S/C14H23N5O2S.C10H16N2O3S/c15-19-16-8-4-3-6-10(20)5-1-2-7-12-13-11(9-22-12)17-14(21)18-13;13-8(14)4-2-1-3-7-9-6(5-16-7)11-10(15)12-9/h11-13H,1-9H2,(H2,17,18,21);6-7,9H,1-5H2,(H,13,14)(H2,11,12,15)/t11-,12-,13-;6-,7-,9-/m00/s1. The van der Waals surface area contributed by atoms with E-state index in [-0.39, 0.29) is 42.7 Å². The number of Topliss-reactive ketones (excluding diaryl/α,β-unsaturated/α-hetero) is 1. The fraction of sp³-hybridized carbons (Fsp3) is 0.833. The van der Waals surface area contributed by atoms with Crippen LogP contribution in [0.4, 0.5) is 9.59 Å². The Morgan fingerprint density at radius 2 is 1.32 bits per heavy atom. The first-order valence-corrected chi connectivity index (χ1v) is 15.6. The number of carboxylic acids is 1. The van der Waals surface area contributed by atoms with Crippen LogP contribution in [0.1, 0.15) is 70.6 Å². The van der Waals surface area contributed by atoms with Gasteiger partial charge in [0.2, 0.25) is 0 Å². The van der Waals surface area contributed by atoms with Crippen molar-refractivity contribution < 1.29 is 24.3 Å². The van der Waals surface area contributed by atoms with Gasteiger partial charge in [-0.05, 0) is 44.1 Å². The number of amides is 4. The molecule has 6 atom stereocenters. The number of hydrogen-bond donors (Lipinski definition) is 5. The molecule has 38 heavy (non-hydrogen) atoms. The third-order valence-corrected chi connectivity index (χ3v) is 10.2. The van der Waals surface area contributed by atoms with Gasteiger partial charge in [-0.25, -0.2) is 9.59 Å². The van der Waals surface area contributed by atoms with Crippen molar-refractivity contribution in [2.75, 3.05) is 18.1 Å². The summed E-state index contributed by atoms with van der Waals surface area (Å²) in [6.45, 7) is 0.477. The van der Waals surface area contributed by atoms with E-state index in [1.807, 2.05) is 23.5 Å². The van der Waals surface area contributed by atoms with E-state index in [2.05, 4.69) is 31.3 Å². The predicted octanol–water partition coefficient (Wildman–Crippen LogP) is 3.56. The van der Waals surface area contributed by atoms with E-state index < -0.39 is 5.97 Å². The molecule has 4 saturated heterocycles. The summed E-state index contributed by atoms with van der Waals surface area (Å²) in [7, 11) is 0. The Bertz CT molecular complexity index is 888. The van der Waals surface area contributed by atoms with Crippen molar-refractivity contribution >= 4 is 47.3 Å². The zero-order chi connectivity index (χ0) is 27.3. The Hall–Kier alpha value is -2.31. The molecule has 4 rings (SSSR count). The van der Waals surface area contributed by atoms with Gasteiger partial charge < -0.3 is 26.4 Å². The number of carboxylic acid groups (broad SMARTS) is 1. The minimum absolute atomic E-state index is 0.0452. The van der Waals surface area contributed by atoms with Crippen molar-refractivity contribution in [1.29, 1.82) is 0 Å². The SMILES string of the molecule is O=C(O)CCCC[C@@H]1SC[C@@H]2NC(=O)N[C@@H]21.[N-]=[N+]=NCCCCC(=O)CCCC[C@@H]1SC[C@@H]2NC(=O)N[C@@H]21. The number of aliphatic carboxylic acids is 1. The summed E-state index contributed by atoms with van der Waals surface area (Å²) in [5.74, 6) is 1.52. The van der Waals surface area contributed by atoms with Crippen molar-refractivity contribution in [3.63, 3.8) is 0 Å². The number of hydrogen-bond acceptors (Lipinski definition) is 7. The van der Waals surface area contributed by atoms with E-state index in [0.29, 0.717) is 35.7 Å². The molecule has 0 radical (unpaired) electrons. The van der Waals surface area contributed by atoms with E-state index >= 15 is 0 Å². The van der Waals surface area contributed by atoms with E-state index in [4.69, 9.17) is 10.6 Å². The lowest BCUT2D eigenvalue weighted by Gasteiger charge is -2.16. The first-order chi connectivity index (χ1) is 18.4. The molecule has 0 aliphatic carbocycles. The molecule has 4 aliphatic rings. The van der Waals surface area contributed by atoms with Crippen LogP contribution in [-0.2, 0) is 9.59 Å². The van der Waals surface area contributed by atoms with Crippen molar-refractivity contribution in [2.24, 2.45) is 5.11 Å². The van der Waals surface area contributed by atoms with Crippen molar-refractivity contribution in [3.8, 4) is 0 Å². The second-order valence-electron chi connectivity index (χ2n) is 10.1. The van der Waals surface area contributed by atoms with E-state index in [0.717, 1.165) is 62.9 Å². The van der Waals surface area contributed by atoms with Crippen LogP contribution in [0.5, 0.6) is 0 Å². The fourth-order valence-electron chi connectivity index (χ4n) is 5.25. The number of nitrogens with zero attached hydrogens (tertiary/aromatic N) is 3. The van der Waals surface area contributed by atoms with Gasteiger partial charge in [0.05, 0.1) is 24.2 Å². The lowest BCUT2D eigenvalue weighted by Crippen LogP contribution is -2.36. The van der Waals surface area contributed by atoms with Gasteiger partial charge in [0.15, 0.2) is 0 Å². The van der Waals surface area contributed by atoms with Gasteiger partial charge in [-0.1, -0.05) is 18.0 Å². The van der Waals surface area contributed by atoms with Crippen LogP contribution >= 0.6 is 23.5 Å². The number of azide groups is 1. The van der Waals surface area contributed by atoms with Crippen LogP contribution in [0.25, 0.3) is 10.4 Å². The quantitative estimate of drug-likeness (QED) is 0.0656. The molecular weight excluding hydrogens is 530 g/mol. The van der Waals surface area contributed by atoms with Crippen LogP contribution in [-0.4, -0.2) is 81.6 Å². The Morgan fingerprint density at radius 3 is 1.82 bits per heavy atom. The van der Waals surface area contributed by atoms with E-state index in [1.54, 1.807) is 0 Å². The maximum Gasteiger partial charge on any atom is 0.315 e. The van der Waals surface area contributed by atoms with Gasteiger partial charge in [0, 0.05) is 52.7 Å². The fourth-order valence-corrected chi connectivity index (χ4v) is 8.34. The summed E-state index contributed by atoms with van der Waals surface area (Å²) in [4.78, 5) is 47.2. The number of nitrogens with one attached hydrogen (secondary N) is 4. The predicted molar refractivity (Wildman–Crippen MR) is 148 cm³/mol. The molecule has 4 amide bonds. The molecule has 12 nitrogen and oxygen atoms in total. The van der Waals surface area contributed by atoms with Crippen LogP contribution in [0.15, 0.2) is 5.11 Å². The first kappa shape index (κ1) is 30.2. The highest BCUT2D eigenvalue weighted by Gasteiger charge is 2.43. The maximum absolute atomic E-state index is 11.7. The Labute approximate surface area is 231 Å². The van der Waals surface area contributed by atoms with Crippen molar-refractivity contribution in [3.05, 3.63) is 10.4 Å². The number of carbonyl (C=O) groups excluding carboxylic acids is 3. The number of thioether (sulfide) groups is 2. The van der Waals surface area contributed by atoms with Crippen LogP contribution in [0, 0.1) is 0 Å². The first-order valence-electron chi connectivity index (χ1n) is 13.5. The summed E-state index contributed by atoms with van der Waals surface area (Å²) < 4.78 is 0.